The molecule has 0 bridgehead atoms. The Morgan fingerprint density at radius 3 is 1.75 bits per heavy atom. The maximum atomic E-state index is 11.0. The summed E-state index contributed by atoms with van der Waals surface area (Å²) in [5.74, 6) is -14.6. The second-order valence-corrected chi connectivity index (χ2v) is 5.45. The van der Waals surface area contributed by atoms with E-state index in [4.69, 9.17) is 5.11 Å². The third kappa shape index (κ3) is 2.84. The molecule has 24 heavy (non-hydrogen) atoms. The number of nitrogens with zero attached hydrogens (tertiary/aromatic N) is 1. The van der Waals surface area contributed by atoms with Crippen molar-refractivity contribution in [2.45, 2.75) is 43.2 Å². The largest absolute Gasteiger partial charge is 0.477 e. The summed E-state index contributed by atoms with van der Waals surface area (Å²) in [6.45, 7) is -1.08. The zero-order chi connectivity index (χ0) is 19.4. The molecular formula is C10H18NO13+. The first kappa shape index (κ1) is 20.6. The summed E-state index contributed by atoms with van der Waals surface area (Å²) in [5.41, 5.74) is 0. The van der Waals surface area contributed by atoms with Gasteiger partial charge in [-0.3, -0.25) is 20.1 Å². The predicted octanol–water partition coefficient (Wildman–Crippen LogP) is -6.23. The first-order valence-corrected chi connectivity index (χ1v) is 6.23. The van der Waals surface area contributed by atoms with Crippen molar-refractivity contribution in [1.29, 1.82) is 0 Å². The summed E-state index contributed by atoms with van der Waals surface area (Å²) >= 11 is 0. The van der Waals surface area contributed by atoms with E-state index in [0.717, 1.165) is 0 Å². The smallest absolute Gasteiger partial charge is 0.450 e. The van der Waals surface area contributed by atoms with E-state index >= 15 is 0 Å². The highest BCUT2D eigenvalue weighted by Crippen LogP contribution is 2.51. The first-order chi connectivity index (χ1) is 10.4. The number of likely N-dealkylation sites (tertiary alicyclic amines) is 1. The van der Waals surface area contributed by atoms with Gasteiger partial charge >= 0.3 is 35.6 Å². The van der Waals surface area contributed by atoms with Crippen molar-refractivity contribution in [1.82, 2.24) is 0 Å². The van der Waals surface area contributed by atoms with E-state index in [9.17, 15) is 55.5 Å². The Morgan fingerprint density at radius 2 is 1.50 bits per heavy atom. The molecular weight excluding hydrogens is 342 g/mol. The van der Waals surface area contributed by atoms with Gasteiger partial charge in [-0.05, 0) is 0 Å². The van der Waals surface area contributed by atoms with Gasteiger partial charge in [-0.2, -0.15) is 0 Å². The van der Waals surface area contributed by atoms with Crippen LogP contribution in [0.1, 0.15) is 13.3 Å². The van der Waals surface area contributed by atoms with Gasteiger partial charge in [0.2, 0.25) is 6.10 Å². The van der Waals surface area contributed by atoms with E-state index in [-0.39, 0.29) is 0 Å². The quantitative estimate of drug-likeness (QED) is 0.120. The topological polar surface area (TPSA) is 246 Å². The van der Waals surface area contributed by atoms with Crippen LogP contribution in [-0.2, 0) is 14.3 Å². The monoisotopic (exact) mass is 360 g/mol. The standard InChI is InChI=1S/C10H17NO13/c1-4(12)24-5(9(19,20)6(13)14)2-11(10(21,22)23)7(15,16)3-8(11,17)18/h5,15-23H,2-3H2,1H3/p+1. The van der Waals surface area contributed by atoms with E-state index in [1.165, 1.54) is 0 Å². The summed E-state index contributed by atoms with van der Waals surface area (Å²) in [5, 5.41) is 94.4. The zero-order valence-electron chi connectivity index (χ0n) is 12.1. The summed E-state index contributed by atoms with van der Waals surface area (Å²) in [6.07, 6.45) is -8.42. The number of esters is 1. The Kier molecular flexibility index (Phi) is 4.74. The van der Waals surface area contributed by atoms with Gasteiger partial charge in [-0.15, -0.1) is 4.48 Å². The number of ether oxygens (including phenoxy) is 1. The number of quaternary nitrogens is 1. The predicted molar refractivity (Wildman–Crippen MR) is 63.8 cm³/mol. The fourth-order valence-corrected chi connectivity index (χ4v) is 2.51. The molecule has 0 aromatic rings. The number of carboxylic acid groups (broad SMARTS) is 1. The van der Waals surface area contributed by atoms with Gasteiger partial charge in [0.1, 0.15) is 6.54 Å². The van der Waals surface area contributed by atoms with Gasteiger partial charge in [0.25, 0.3) is 0 Å². The number of aliphatic hydroxyl groups is 9. The van der Waals surface area contributed by atoms with Crippen molar-refractivity contribution >= 4 is 11.9 Å². The van der Waals surface area contributed by atoms with Gasteiger partial charge in [0, 0.05) is 6.92 Å². The molecule has 14 heteroatoms. The molecule has 0 aromatic carbocycles. The molecule has 0 aromatic heterocycles. The van der Waals surface area contributed by atoms with Gasteiger partial charge in [-0.1, -0.05) is 0 Å². The second kappa shape index (κ2) is 5.53. The van der Waals surface area contributed by atoms with E-state index in [0.29, 0.717) is 6.92 Å². The molecule has 1 fully saturated rings. The Morgan fingerprint density at radius 1 is 1.08 bits per heavy atom. The van der Waals surface area contributed by atoms with Crippen LogP contribution in [0.4, 0.5) is 0 Å². The minimum absolute atomic E-state index is 0.686. The molecule has 1 unspecified atom stereocenters. The highest BCUT2D eigenvalue weighted by atomic mass is 16.8. The van der Waals surface area contributed by atoms with Crippen LogP contribution in [0.5, 0.6) is 0 Å². The van der Waals surface area contributed by atoms with Crippen LogP contribution in [0.15, 0.2) is 0 Å². The lowest BCUT2D eigenvalue weighted by atomic mass is 9.94. The molecule has 14 nitrogen and oxygen atoms in total. The SMILES string of the molecule is CC(=O)OC(C[N+]1(C(O)(O)O)C(O)(O)CC1(O)O)C(O)(O)C(=O)O. The molecule has 1 aliphatic heterocycles. The van der Waals surface area contributed by atoms with Gasteiger partial charge in [0.15, 0.2) is 6.42 Å². The van der Waals surface area contributed by atoms with Gasteiger partial charge in [0.05, 0.1) is 0 Å². The minimum Gasteiger partial charge on any atom is -0.477 e. The van der Waals surface area contributed by atoms with Crippen LogP contribution in [0, 0.1) is 0 Å². The Balaban J connectivity index is 3.45. The van der Waals surface area contributed by atoms with Crippen LogP contribution < -0.4 is 0 Å². The summed E-state index contributed by atoms with van der Waals surface area (Å²) in [7, 11) is 0. The number of carbonyl (C=O) groups excluding carboxylic acids is 1. The van der Waals surface area contributed by atoms with Crippen LogP contribution in [0.3, 0.4) is 0 Å². The second-order valence-electron chi connectivity index (χ2n) is 5.45. The third-order valence-corrected chi connectivity index (χ3v) is 3.72. The maximum absolute atomic E-state index is 11.0. The molecule has 10 N–H and O–H groups in total. The molecule has 140 valence electrons. The third-order valence-electron chi connectivity index (χ3n) is 3.72. The molecule has 0 spiro atoms. The fraction of sp³-hybridized carbons (Fsp3) is 0.800. The lowest BCUT2D eigenvalue weighted by molar-refractivity contribution is -1.23. The van der Waals surface area contributed by atoms with Crippen molar-refractivity contribution in [3.8, 4) is 0 Å². The van der Waals surface area contributed by atoms with Crippen molar-refractivity contribution in [3.05, 3.63) is 0 Å². The van der Waals surface area contributed by atoms with Crippen LogP contribution in [0.25, 0.3) is 0 Å². The molecule has 1 heterocycles. The first-order valence-electron chi connectivity index (χ1n) is 6.23. The van der Waals surface area contributed by atoms with Crippen LogP contribution in [-0.4, -0.2) is 104 Å². The van der Waals surface area contributed by atoms with E-state index < -0.39 is 59.2 Å². The van der Waals surface area contributed by atoms with E-state index in [1.807, 2.05) is 0 Å². The summed E-state index contributed by atoms with van der Waals surface area (Å²) in [6, 6.07) is 0. The Hall–Kier alpha value is -1.46. The molecule has 0 saturated carbocycles. The van der Waals surface area contributed by atoms with E-state index in [2.05, 4.69) is 4.74 Å². The molecule has 0 aliphatic carbocycles. The number of hydrogen-bond acceptors (Lipinski definition) is 12. The molecule has 0 radical (unpaired) electrons. The number of hydrogen-bond donors (Lipinski definition) is 10. The van der Waals surface area contributed by atoms with Crippen molar-refractivity contribution in [3.63, 3.8) is 0 Å². The normalized spacial score (nSPS) is 23.1. The molecule has 1 saturated heterocycles. The average Bonchev–Trinajstić information content (AvgIpc) is 2.29. The van der Waals surface area contributed by atoms with Crippen LogP contribution >= 0.6 is 0 Å². The number of rotatable bonds is 6. The van der Waals surface area contributed by atoms with Gasteiger partial charge < -0.3 is 40.5 Å². The number of carbonyl (C=O) groups is 2. The van der Waals surface area contributed by atoms with Gasteiger partial charge in [-0.25, -0.2) is 4.79 Å². The van der Waals surface area contributed by atoms with Crippen molar-refractivity contribution in [2.75, 3.05) is 6.54 Å². The maximum Gasteiger partial charge on any atom is 0.450 e. The van der Waals surface area contributed by atoms with Crippen molar-refractivity contribution < 1.29 is 69.9 Å². The summed E-state index contributed by atoms with van der Waals surface area (Å²) in [4.78, 5) is 21.9. The summed E-state index contributed by atoms with van der Waals surface area (Å²) < 4.78 is 1.56. The van der Waals surface area contributed by atoms with Crippen LogP contribution in [0.2, 0.25) is 0 Å². The van der Waals surface area contributed by atoms with Crippen molar-refractivity contribution in [2.24, 2.45) is 0 Å². The Bertz CT molecular complexity index is 502. The zero-order valence-corrected chi connectivity index (χ0v) is 12.1. The average molecular weight is 360 g/mol. The highest BCUT2D eigenvalue weighted by Gasteiger charge is 2.85. The lowest BCUT2D eigenvalue weighted by Crippen LogP contribution is -2.94. The lowest BCUT2D eigenvalue weighted by Gasteiger charge is -2.62. The fourth-order valence-electron chi connectivity index (χ4n) is 2.51. The highest BCUT2D eigenvalue weighted by molar-refractivity contribution is 5.76. The minimum atomic E-state index is -4.34. The molecule has 1 atom stereocenters. The van der Waals surface area contributed by atoms with E-state index in [1.54, 1.807) is 0 Å². The molecule has 1 rings (SSSR count). The molecule has 1 aliphatic rings. The number of carboxylic acids is 1. The Labute approximate surface area is 132 Å². The molecule has 0 amide bonds. The number of aliphatic carboxylic acids is 1.